The molecule has 0 saturated heterocycles. The molecule has 0 radical (unpaired) electrons. The summed E-state index contributed by atoms with van der Waals surface area (Å²) in [5, 5.41) is 8.38. The number of hydrogen-bond acceptors (Lipinski definition) is 2. The molecule has 0 heterocycles. The van der Waals surface area contributed by atoms with Crippen LogP contribution in [0.15, 0.2) is 0 Å². The molecule has 1 aliphatic carbocycles. The van der Waals surface area contributed by atoms with Crippen LogP contribution < -0.4 is 0 Å². The van der Waals surface area contributed by atoms with E-state index in [0.29, 0.717) is 0 Å². The molecule has 0 bridgehead atoms. The second-order valence-corrected chi connectivity index (χ2v) is 3.67. The van der Waals surface area contributed by atoms with Gasteiger partial charge in [-0.3, -0.25) is 4.79 Å². The Hall–Kier alpha value is -0.780. The van der Waals surface area contributed by atoms with Crippen molar-refractivity contribution in [2.45, 2.75) is 38.0 Å². The third kappa shape index (κ3) is 3.70. The number of hydrogen-bond donors (Lipinski definition) is 1. The normalized spacial score (nSPS) is 20.5. The Kier molecular flexibility index (Phi) is 3.96. The van der Waals surface area contributed by atoms with E-state index in [0.717, 1.165) is 25.7 Å². The first-order valence-corrected chi connectivity index (χ1v) is 4.82. The standard InChI is InChI=1S/C9H13F3O3/c10-9(11,12)7(8(13)14)5-15-6-3-1-2-4-6/h6-7H,1-5H2,(H,13,14). The summed E-state index contributed by atoms with van der Waals surface area (Å²) in [5.41, 5.74) is 0. The monoisotopic (exact) mass is 226 g/mol. The lowest BCUT2D eigenvalue weighted by molar-refractivity contribution is -0.205. The number of ether oxygens (including phenoxy) is 1. The van der Waals surface area contributed by atoms with Gasteiger partial charge in [-0.1, -0.05) is 12.8 Å². The number of carboxylic acids is 1. The lowest BCUT2D eigenvalue weighted by atomic mass is 10.1. The van der Waals surface area contributed by atoms with Gasteiger partial charge in [-0.25, -0.2) is 0 Å². The molecule has 1 fully saturated rings. The quantitative estimate of drug-likeness (QED) is 0.799. The summed E-state index contributed by atoms with van der Waals surface area (Å²) in [6, 6.07) is 0. The highest BCUT2D eigenvalue weighted by Gasteiger charge is 2.45. The molecule has 0 aromatic rings. The first kappa shape index (κ1) is 12.3. The highest BCUT2D eigenvalue weighted by Crippen LogP contribution is 2.28. The molecule has 0 amide bonds. The van der Waals surface area contributed by atoms with Crippen LogP contribution in [0.25, 0.3) is 0 Å². The molecule has 0 aliphatic heterocycles. The third-order valence-corrected chi connectivity index (χ3v) is 2.49. The highest BCUT2D eigenvalue weighted by atomic mass is 19.4. The topological polar surface area (TPSA) is 46.5 Å². The molecule has 0 spiro atoms. The van der Waals surface area contributed by atoms with Gasteiger partial charge in [0, 0.05) is 0 Å². The van der Waals surface area contributed by atoms with Crippen molar-refractivity contribution in [1.82, 2.24) is 0 Å². The van der Waals surface area contributed by atoms with Crippen molar-refractivity contribution in [1.29, 1.82) is 0 Å². The second-order valence-electron chi connectivity index (χ2n) is 3.67. The van der Waals surface area contributed by atoms with Crippen LogP contribution in [0.3, 0.4) is 0 Å². The van der Waals surface area contributed by atoms with Gasteiger partial charge in [-0.15, -0.1) is 0 Å². The van der Waals surface area contributed by atoms with Gasteiger partial charge in [0.15, 0.2) is 5.92 Å². The van der Waals surface area contributed by atoms with Gasteiger partial charge >= 0.3 is 12.1 Å². The largest absolute Gasteiger partial charge is 0.481 e. The van der Waals surface area contributed by atoms with Crippen LogP contribution >= 0.6 is 0 Å². The maximum Gasteiger partial charge on any atom is 0.404 e. The van der Waals surface area contributed by atoms with Crippen LogP contribution in [-0.4, -0.2) is 30.0 Å². The molecule has 1 atom stereocenters. The Balaban J connectivity index is 2.41. The van der Waals surface area contributed by atoms with Crippen LogP contribution in [0.4, 0.5) is 13.2 Å². The number of alkyl halides is 3. The van der Waals surface area contributed by atoms with E-state index in [-0.39, 0.29) is 6.10 Å². The van der Waals surface area contributed by atoms with E-state index < -0.39 is 24.7 Å². The molecule has 1 N–H and O–H groups in total. The Bertz CT molecular complexity index is 221. The molecule has 0 aromatic carbocycles. The Morgan fingerprint density at radius 1 is 1.40 bits per heavy atom. The molecule has 1 unspecified atom stereocenters. The Morgan fingerprint density at radius 3 is 2.33 bits per heavy atom. The zero-order valence-electron chi connectivity index (χ0n) is 8.09. The Morgan fingerprint density at radius 2 is 1.93 bits per heavy atom. The van der Waals surface area contributed by atoms with E-state index in [1.54, 1.807) is 0 Å². The van der Waals surface area contributed by atoms with E-state index >= 15 is 0 Å². The maximum atomic E-state index is 12.2. The summed E-state index contributed by atoms with van der Waals surface area (Å²) in [7, 11) is 0. The molecule has 15 heavy (non-hydrogen) atoms. The van der Waals surface area contributed by atoms with Crippen molar-refractivity contribution in [3.05, 3.63) is 0 Å². The fourth-order valence-electron chi connectivity index (χ4n) is 1.59. The van der Waals surface area contributed by atoms with Crippen LogP contribution in [0.1, 0.15) is 25.7 Å². The molecule has 1 aliphatic rings. The molecule has 3 nitrogen and oxygen atoms in total. The van der Waals surface area contributed by atoms with Crippen LogP contribution in [-0.2, 0) is 9.53 Å². The van der Waals surface area contributed by atoms with Gasteiger partial charge < -0.3 is 9.84 Å². The van der Waals surface area contributed by atoms with E-state index in [4.69, 9.17) is 9.84 Å². The predicted molar refractivity (Wildman–Crippen MR) is 45.4 cm³/mol. The Labute approximate surface area is 85.2 Å². The molecule has 1 rings (SSSR count). The van der Waals surface area contributed by atoms with Crippen LogP contribution in [0.2, 0.25) is 0 Å². The van der Waals surface area contributed by atoms with Gasteiger partial charge in [0.1, 0.15) is 0 Å². The number of carbonyl (C=O) groups is 1. The maximum absolute atomic E-state index is 12.2. The molecular weight excluding hydrogens is 213 g/mol. The van der Waals surface area contributed by atoms with Crippen molar-refractivity contribution in [2.24, 2.45) is 5.92 Å². The lowest BCUT2D eigenvalue weighted by Gasteiger charge is -2.18. The van der Waals surface area contributed by atoms with Crippen molar-refractivity contribution in [2.75, 3.05) is 6.61 Å². The average molecular weight is 226 g/mol. The van der Waals surface area contributed by atoms with Gasteiger partial charge in [-0.2, -0.15) is 13.2 Å². The summed E-state index contributed by atoms with van der Waals surface area (Å²) >= 11 is 0. The summed E-state index contributed by atoms with van der Waals surface area (Å²) in [4.78, 5) is 10.4. The smallest absolute Gasteiger partial charge is 0.404 e. The number of carboxylic acid groups (broad SMARTS) is 1. The first-order chi connectivity index (χ1) is 6.91. The van der Waals surface area contributed by atoms with Crippen LogP contribution in [0.5, 0.6) is 0 Å². The summed E-state index contributed by atoms with van der Waals surface area (Å²) in [6.07, 6.45) is -1.60. The fraction of sp³-hybridized carbons (Fsp3) is 0.889. The predicted octanol–water partition coefficient (Wildman–Crippen LogP) is 2.21. The van der Waals surface area contributed by atoms with E-state index in [9.17, 15) is 18.0 Å². The van der Waals surface area contributed by atoms with E-state index in [1.165, 1.54) is 0 Å². The minimum atomic E-state index is -4.73. The second kappa shape index (κ2) is 4.83. The number of rotatable bonds is 4. The summed E-state index contributed by atoms with van der Waals surface area (Å²) < 4.78 is 41.5. The number of halogens is 3. The SMILES string of the molecule is O=C(O)C(COC1CCCC1)C(F)(F)F. The van der Waals surface area contributed by atoms with Crippen molar-refractivity contribution >= 4 is 5.97 Å². The number of aliphatic carboxylic acids is 1. The third-order valence-electron chi connectivity index (χ3n) is 2.49. The molecule has 0 aromatic heterocycles. The van der Waals surface area contributed by atoms with Gasteiger partial charge in [0.25, 0.3) is 0 Å². The summed E-state index contributed by atoms with van der Waals surface area (Å²) in [6.45, 7) is -0.774. The lowest BCUT2D eigenvalue weighted by Crippen LogP contribution is -2.35. The zero-order chi connectivity index (χ0) is 11.5. The minimum absolute atomic E-state index is 0.200. The highest BCUT2D eigenvalue weighted by molar-refractivity contribution is 5.71. The molecular formula is C9H13F3O3. The minimum Gasteiger partial charge on any atom is -0.481 e. The van der Waals surface area contributed by atoms with Gasteiger partial charge in [-0.05, 0) is 12.8 Å². The van der Waals surface area contributed by atoms with E-state index in [1.807, 2.05) is 0 Å². The summed E-state index contributed by atoms with van der Waals surface area (Å²) in [5.74, 6) is -4.28. The van der Waals surface area contributed by atoms with E-state index in [2.05, 4.69) is 0 Å². The van der Waals surface area contributed by atoms with Crippen molar-refractivity contribution in [3.8, 4) is 0 Å². The van der Waals surface area contributed by atoms with Crippen molar-refractivity contribution < 1.29 is 27.8 Å². The zero-order valence-corrected chi connectivity index (χ0v) is 8.09. The molecule has 1 saturated carbocycles. The van der Waals surface area contributed by atoms with Gasteiger partial charge in [0.2, 0.25) is 0 Å². The van der Waals surface area contributed by atoms with Gasteiger partial charge in [0.05, 0.1) is 12.7 Å². The van der Waals surface area contributed by atoms with Crippen molar-refractivity contribution in [3.63, 3.8) is 0 Å². The average Bonchev–Trinajstić information content (AvgIpc) is 2.53. The molecule has 88 valence electrons. The first-order valence-electron chi connectivity index (χ1n) is 4.82. The fourth-order valence-corrected chi connectivity index (χ4v) is 1.59. The molecule has 6 heteroatoms. The van der Waals surface area contributed by atoms with Crippen LogP contribution in [0, 0.1) is 5.92 Å².